The van der Waals surface area contributed by atoms with E-state index < -0.39 is 6.10 Å². The molecule has 0 saturated heterocycles. The molecular formula is C57H94O6. The highest BCUT2D eigenvalue weighted by Crippen LogP contribution is 2.13. The minimum Gasteiger partial charge on any atom is -0.462 e. The van der Waals surface area contributed by atoms with Crippen LogP contribution in [0.3, 0.4) is 0 Å². The van der Waals surface area contributed by atoms with Crippen molar-refractivity contribution in [3.05, 3.63) is 97.2 Å². The Morgan fingerprint density at radius 3 is 1.06 bits per heavy atom. The highest BCUT2D eigenvalue weighted by Gasteiger charge is 2.19. The maximum atomic E-state index is 12.8. The fourth-order valence-electron chi connectivity index (χ4n) is 6.69. The second-order valence-electron chi connectivity index (χ2n) is 16.7. The average molecular weight is 875 g/mol. The Kier molecular flexibility index (Phi) is 48.0. The summed E-state index contributed by atoms with van der Waals surface area (Å²) in [4.78, 5) is 37.9. The first-order chi connectivity index (χ1) is 31.0. The van der Waals surface area contributed by atoms with E-state index in [1.165, 1.54) is 77.0 Å². The third-order valence-corrected chi connectivity index (χ3v) is 10.6. The summed E-state index contributed by atoms with van der Waals surface area (Å²) in [5, 5.41) is 0. The van der Waals surface area contributed by atoms with Gasteiger partial charge in [-0.2, -0.15) is 0 Å². The smallest absolute Gasteiger partial charge is 0.306 e. The lowest BCUT2D eigenvalue weighted by molar-refractivity contribution is -0.166. The van der Waals surface area contributed by atoms with Gasteiger partial charge in [0.2, 0.25) is 0 Å². The Morgan fingerprint density at radius 1 is 0.333 bits per heavy atom. The van der Waals surface area contributed by atoms with Crippen LogP contribution in [0.1, 0.15) is 226 Å². The van der Waals surface area contributed by atoms with Crippen LogP contribution in [-0.4, -0.2) is 37.2 Å². The van der Waals surface area contributed by atoms with Gasteiger partial charge in [-0.1, -0.05) is 195 Å². The van der Waals surface area contributed by atoms with Crippen molar-refractivity contribution in [3.63, 3.8) is 0 Å². The number of allylic oxidation sites excluding steroid dienone is 16. The SMILES string of the molecule is CC/C=C\C/C=C\C/C=C\C/C=C\CCC(=O)OCC(COC(=O)CCCCCCCCC/C=C\C/C=C\CCCCC)OC(=O)CCCCCCC/C=C\C/C=C\CCCCC. The molecule has 0 amide bonds. The molecule has 6 heteroatoms. The minimum absolute atomic E-state index is 0.111. The molecule has 0 N–H and O–H groups in total. The summed E-state index contributed by atoms with van der Waals surface area (Å²) in [6, 6.07) is 0. The van der Waals surface area contributed by atoms with Gasteiger partial charge in [0.15, 0.2) is 6.10 Å². The van der Waals surface area contributed by atoms with Gasteiger partial charge in [-0.3, -0.25) is 14.4 Å². The van der Waals surface area contributed by atoms with Crippen LogP contribution < -0.4 is 0 Å². The molecule has 0 spiro atoms. The molecule has 1 unspecified atom stereocenters. The van der Waals surface area contributed by atoms with Crippen molar-refractivity contribution in [1.82, 2.24) is 0 Å². The van der Waals surface area contributed by atoms with Gasteiger partial charge in [0.25, 0.3) is 0 Å². The third-order valence-electron chi connectivity index (χ3n) is 10.6. The summed E-state index contributed by atoms with van der Waals surface area (Å²) in [5.41, 5.74) is 0. The number of hydrogen-bond acceptors (Lipinski definition) is 6. The minimum atomic E-state index is -0.817. The van der Waals surface area contributed by atoms with Crippen molar-refractivity contribution >= 4 is 17.9 Å². The van der Waals surface area contributed by atoms with Gasteiger partial charge < -0.3 is 14.2 Å². The first-order valence-corrected chi connectivity index (χ1v) is 25.7. The third kappa shape index (κ3) is 49.2. The number of carbonyl (C=O) groups excluding carboxylic acids is 3. The molecule has 6 nitrogen and oxygen atoms in total. The number of unbranched alkanes of at least 4 members (excludes halogenated alkanes) is 18. The number of rotatable bonds is 45. The summed E-state index contributed by atoms with van der Waals surface area (Å²) < 4.78 is 16.7. The van der Waals surface area contributed by atoms with Crippen LogP contribution in [0.25, 0.3) is 0 Å². The van der Waals surface area contributed by atoms with Crippen molar-refractivity contribution in [1.29, 1.82) is 0 Å². The van der Waals surface area contributed by atoms with Gasteiger partial charge in [-0.05, 0) is 109 Å². The molecule has 0 aromatic heterocycles. The molecule has 0 heterocycles. The van der Waals surface area contributed by atoms with Crippen LogP contribution in [0.5, 0.6) is 0 Å². The zero-order chi connectivity index (χ0) is 45.8. The number of hydrogen-bond donors (Lipinski definition) is 0. The van der Waals surface area contributed by atoms with E-state index in [0.29, 0.717) is 19.3 Å². The average Bonchev–Trinajstić information content (AvgIpc) is 3.28. The standard InChI is InChI=1S/C57H94O6/c1-4-7-10-13-16-19-22-25-27-28-30-32-35-38-41-44-47-50-56(59)62-53-54(52-61-55(58)49-46-43-40-37-34-31-24-21-18-15-12-9-6-3)63-57(60)51-48-45-42-39-36-33-29-26-23-20-17-14-11-8-5-2/h9,12,16-21,25-27,29,31,34,40,43,54H,4-8,10-11,13-15,22-24,28,30,32-33,35-39,41-42,44-53H2,1-3H3/b12-9-,19-16-,20-17-,21-18-,27-25-,29-26-,34-31-,43-40-. The molecule has 1 atom stereocenters. The zero-order valence-electron chi connectivity index (χ0n) is 40.8. The van der Waals surface area contributed by atoms with E-state index in [1.807, 2.05) is 12.2 Å². The Bertz CT molecular complexity index is 1280. The Morgan fingerprint density at radius 2 is 0.651 bits per heavy atom. The molecule has 0 aromatic carbocycles. The molecule has 0 bridgehead atoms. The van der Waals surface area contributed by atoms with Crippen LogP contribution in [0.15, 0.2) is 97.2 Å². The van der Waals surface area contributed by atoms with Crippen LogP contribution in [0.4, 0.5) is 0 Å². The monoisotopic (exact) mass is 875 g/mol. The lowest BCUT2D eigenvalue weighted by Gasteiger charge is -2.18. The number of carbonyl (C=O) groups is 3. The van der Waals surface area contributed by atoms with Crippen molar-refractivity contribution in [2.75, 3.05) is 13.2 Å². The quantitative estimate of drug-likeness (QED) is 0.0262. The highest BCUT2D eigenvalue weighted by atomic mass is 16.6. The molecule has 0 aromatic rings. The molecule has 0 aliphatic carbocycles. The molecular weight excluding hydrogens is 781 g/mol. The zero-order valence-corrected chi connectivity index (χ0v) is 40.8. The van der Waals surface area contributed by atoms with E-state index >= 15 is 0 Å². The Hall–Kier alpha value is -3.67. The van der Waals surface area contributed by atoms with E-state index in [-0.39, 0.29) is 37.5 Å². The van der Waals surface area contributed by atoms with Gasteiger partial charge >= 0.3 is 17.9 Å². The fourth-order valence-corrected chi connectivity index (χ4v) is 6.69. The largest absolute Gasteiger partial charge is 0.462 e. The molecule has 0 saturated carbocycles. The molecule has 0 aliphatic heterocycles. The second-order valence-corrected chi connectivity index (χ2v) is 16.7. The molecule has 0 fully saturated rings. The van der Waals surface area contributed by atoms with Crippen LogP contribution >= 0.6 is 0 Å². The first-order valence-electron chi connectivity index (χ1n) is 25.7. The van der Waals surface area contributed by atoms with E-state index in [4.69, 9.17) is 14.2 Å². The highest BCUT2D eigenvalue weighted by molar-refractivity contribution is 5.71. The van der Waals surface area contributed by atoms with Gasteiger partial charge in [0.05, 0.1) is 0 Å². The molecule has 0 radical (unpaired) electrons. The molecule has 63 heavy (non-hydrogen) atoms. The van der Waals surface area contributed by atoms with E-state index in [9.17, 15) is 14.4 Å². The number of ether oxygens (including phenoxy) is 3. The van der Waals surface area contributed by atoms with Crippen LogP contribution in [0.2, 0.25) is 0 Å². The van der Waals surface area contributed by atoms with Gasteiger partial charge in [0.1, 0.15) is 13.2 Å². The van der Waals surface area contributed by atoms with Crippen molar-refractivity contribution < 1.29 is 28.6 Å². The van der Waals surface area contributed by atoms with Gasteiger partial charge in [0, 0.05) is 19.3 Å². The predicted molar refractivity (Wildman–Crippen MR) is 270 cm³/mol. The summed E-state index contributed by atoms with van der Waals surface area (Å²) >= 11 is 0. The van der Waals surface area contributed by atoms with Gasteiger partial charge in [-0.15, -0.1) is 0 Å². The summed E-state index contributed by atoms with van der Waals surface area (Å²) in [7, 11) is 0. The molecule has 358 valence electrons. The van der Waals surface area contributed by atoms with E-state index in [2.05, 4.69) is 106 Å². The Balaban J connectivity index is 4.50. The maximum Gasteiger partial charge on any atom is 0.306 e. The second kappa shape index (κ2) is 51.0. The van der Waals surface area contributed by atoms with Crippen molar-refractivity contribution in [2.24, 2.45) is 0 Å². The molecule has 0 rings (SSSR count). The number of esters is 3. The van der Waals surface area contributed by atoms with Crippen molar-refractivity contribution in [3.8, 4) is 0 Å². The van der Waals surface area contributed by atoms with Gasteiger partial charge in [-0.25, -0.2) is 0 Å². The maximum absolute atomic E-state index is 12.8. The normalized spacial score (nSPS) is 12.9. The lowest BCUT2D eigenvalue weighted by Crippen LogP contribution is -2.30. The van der Waals surface area contributed by atoms with E-state index in [0.717, 1.165) is 103 Å². The summed E-state index contributed by atoms with van der Waals surface area (Å²) in [5.74, 6) is -1.02. The van der Waals surface area contributed by atoms with Crippen molar-refractivity contribution in [2.45, 2.75) is 232 Å². The van der Waals surface area contributed by atoms with Crippen LogP contribution in [0, 0.1) is 0 Å². The van der Waals surface area contributed by atoms with E-state index in [1.54, 1.807) is 0 Å². The van der Waals surface area contributed by atoms with Crippen LogP contribution in [-0.2, 0) is 28.6 Å². The molecule has 0 aliphatic rings. The Labute approximate surface area is 387 Å². The summed E-state index contributed by atoms with van der Waals surface area (Å²) in [6.07, 6.45) is 66.8. The lowest BCUT2D eigenvalue weighted by atomic mass is 10.1. The summed E-state index contributed by atoms with van der Waals surface area (Å²) in [6.45, 7) is 6.38. The predicted octanol–water partition coefficient (Wildman–Crippen LogP) is 17.0. The fraction of sp³-hybridized carbons (Fsp3) is 0.667. The topological polar surface area (TPSA) is 78.9 Å². The first kappa shape index (κ1) is 59.3.